The molecule has 6 aromatic rings. The molecule has 0 fully saturated rings. The summed E-state index contributed by atoms with van der Waals surface area (Å²) in [5.41, 5.74) is 6.22. The first kappa shape index (κ1) is 34.5. The number of rotatable bonds is 14. The third-order valence-electron chi connectivity index (χ3n) is 8.52. The molecule has 0 bridgehead atoms. The van der Waals surface area contributed by atoms with Gasteiger partial charge in [0, 0.05) is 41.0 Å². The maximum atomic E-state index is 13.2. The number of carboxylic acids is 1. The van der Waals surface area contributed by atoms with Gasteiger partial charge in [0.15, 0.2) is 0 Å². The fraction of sp³-hybridized carbons (Fsp3) is 0.150. The van der Waals surface area contributed by atoms with E-state index < -0.39 is 16.0 Å². The number of carbonyl (C=O) groups is 1. The van der Waals surface area contributed by atoms with Crippen LogP contribution in [0, 0.1) is 11.3 Å². The van der Waals surface area contributed by atoms with Gasteiger partial charge in [-0.25, -0.2) is 17.9 Å². The standard InChI is InChI=1S/C40H34ClN3O5S/c41-33-17-20-37-36(25-33)35(22-24-49-34-18-15-32(16-19-34)40(45)46)38(21-23-43-50(47,48)27-29-13-11-28(26-42)12-14-29)44(37)39(30-7-3-1-4-8-30)31-9-5-2-6-10-31/h1-20,25,39,43H,21-24,27H2,(H,45,46). The molecule has 8 nitrogen and oxygen atoms in total. The topological polar surface area (TPSA) is 121 Å². The molecule has 10 heteroatoms. The SMILES string of the molecule is N#Cc1ccc(CS(=O)(=O)NCCc2c(CCOc3ccc(C(=O)O)cc3)c3cc(Cl)ccc3n2C(c2ccccc2)c2ccccc2)cc1. The number of nitrogens with zero attached hydrogens (tertiary/aromatic N) is 2. The number of ether oxygens (including phenoxy) is 1. The molecule has 2 N–H and O–H groups in total. The molecule has 50 heavy (non-hydrogen) atoms. The molecule has 0 spiro atoms. The van der Waals surface area contributed by atoms with E-state index in [-0.39, 0.29) is 30.5 Å². The Morgan fingerprint density at radius 3 is 2.10 bits per heavy atom. The first-order valence-electron chi connectivity index (χ1n) is 16.1. The van der Waals surface area contributed by atoms with Crippen LogP contribution in [0.4, 0.5) is 0 Å². The zero-order valence-corrected chi connectivity index (χ0v) is 28.6. The third-order valence-corrected chi connectivity index (χ3v) is 10.1. The molecule has 0 aliphatic heterocycles. The lowest BCUT2D eigenvalue weighted by Crippen LogP contribution is -2.28. The number of benzene rings is 5. The Bertz CT molecular complexity index is 2210. The minimum atomic E-state index is -3.70. The Morgan fingerprint density at radius 2 is 1.50 bits per heavy atom. The number of aromatic carboxylic acids is 1. The van der Waals surface area contributed by atoms with Crippen LogP contribution in [0.2, 0.25) is 5.02 Å². The summed E-state index contributed by atoms with van der Waals surface area (Å²) in [6.45, 7) is 0.431. The Balaban J connectivity index is 1.39. The van der Waals surface area contributed by atoms with Crippen molar-refractivity contribution in [3.8, 4) is 11.8 Å². The van der Waals surface area contributed by atoms with E-state index in [0.29, 0.717) is 34.7 Å². The van der Waals surface area contributed by atoms with E-state index in [1.165, 1.54) is 12.1 Å². The Hall–Kier alpha value is -5.40. The number of nitrogens with one attached hydrogen (secondary N) is 1. The van der Waals surface area contributed by atoms with Crippen molar-refractivity contribution in [2.24, 2.45) is 0 Å². The molecule has 0 aliphatic rings. The average Bonchev–Trinajstić information content (AvgIpc) is 3.41. The normalized spacial score (nSPS) is 11.5. The number of fused-ring (bicyclic) bond motifs is 1. The van der Waals surface area contributed by atoms with E-state index in [1.807, 2.05) is 54.6 Å². The van der Waals surface area contributed by atoms with Gasteiger partial charge in [-0.05, 0) is 76.9 Å². The average molecular weight is 704 g/mol. The molecule has 0 saturated carbocycles. The van der Waals surface area contributed by atoms with Gasteiger partial charge in [0.2, 0.25) is 10.0 Å². The predicted molar refractivity (Wildman–Crippen MR) is 195 cm³/mol. The van der Waals surface area contributed by atoms with Gasteiger partial charge in [-0.15, -0.1) is 0 Å². The number of nitriles is 1. The van der Waals surface area contributed by atoms with Crippen molar-refractivity contribution in [3.05, 3.63) is 171 Å². The van der Waals surface area contributed by atoms with Gasteiger partial charge >= 0.3 is 5.97 Å². The number of halogens is 1. The van der Waals surface area contributed by atoms with Gasteiger partial charge in [-0.3, -0.25) is 0 Å². The minimum absolute atomic E-state index is 0.142. The van der Waals surface area contributed by atoms with Gasteiger partial charge < -0.3 is 14.4 Å². The highest BCUT2D eigenvalue weighted by molar-refractivity contribution is 7.88. The Morgan fingerprint density at radius 1 is 0.860 bits per heavy atom. The van der Waals surface area contributed by atoms with Crippen LogP contribution in [0.5, 0.6) is 5.75 Å². The number of hydrogen-bond acceptors (Lipinski definition) is 5. The monoisotopic (exact) mass is 703 g/mol. The van der Waals surface area contributed by atoms with Crippen LogP contribution in [0.1, 0.15) is 49.9 Å². The van der Waals surface area contributed by atoms with Gasteiger partial charge in [0.25, 0.3) is 0 Å². The van der Waals surface area contributed by atoms with Crippen molar-refractivity contribution in [2.75, 3.05) is 13.2 Å². The Kier molecular flexibility index (Phi) is 10.6. The van der Waals surface area contributed by atoms with E-state index in [2.05, 4.69) is 39.6 Å². The van der Waals surface area contributed by atoms with Gasteiger partial charge in [-0.2, -0.15) is 5.26 Å². The second-order valence-corrected chi connectivity index (χ2v) is 14.1. The van der Waals surface area contributed by atoms with Crippen molar-refractivity contribution in [2.45, 2.75) is 24.6 Å². The van der Waals surface area contributed by atoms with Gasteiger partial charge in [0.05, 0.1) is 35.6 Å². The van der Waals surface area contributed by atoms with Gasteiger partial charge in [-0.1, -0.05) is 84.4 Å². The van der Waals surface area contributed by atoms with E-state index in [1.54, 1.807) is 36.4 Å². The highest BCUT2D eigenvalue weighted by Crippen LogP contribution is 2.38. The van der Waals surface area contributed by atoms with Crippen LogP contribution in [0.3, 0.4) is 0 Å². The highest BCUT2D eigenvalue weighted by atomic mass is 35.5. The Labute approximate surface area is 296 Å². The second kappa shape index (κ2) is 15.4. The molecule has 1 heterocycles. The number of sulfonamides is 1. The van der Waals surface area contributed by atoms with Crippen LogP contribution in [0.15, 0.2) is 127 Å². The zero-order valence-electron chi connectivity index (χ0n) is 27.0. The molecule has 252 valence electrons. The van der Waals surface area contributed by atoms with Crippen LogP contribution >= 0.6 is 11.6 Å². The quantitative estimate of drug-likeness (QED) is 0.120. The number of aromatic nitrogens is 1. The van der Waals surface area contributed by atoms with E-state index in [4.69, 9.17) is 21.6 Å². The van der Waals surface area contributed by atoms with Crippen molar-refractivity contribution >= 4 is 38.5 Å². The van der Waals surface area contributed by atoms with Crippen molar-refractivity contribution in [1.29, 1.82) is 5.26 Å². The van der Waals surface area contributed by atoms with Crippen LogP contribution in [0.25, 0.3) is 10.9 Å². The lowest BCUT2D eigenvalue weighted by molar-refractivity contribution is 0.0697. The summed E-state index contributed by atoms with van der Waals surface area (Å²) in [5, 5.41) is 19.9. The molecule has 5 aromatic carbocycles. The fourth-order valence-electron chi connectivity index (χ4n) is 6.25. The van der Waals surface area contributed by atoms with Gasteiger partial charge in [0.1, 0.15) is 5.75 Å². The molecular formula is C40H34ClN3O5S. The van der Waals surface area contributed by atoms with E-state index in [0.717, 1.165) is 33.3 Å². The first-order valence-corrected chi connectivity index (χ1v) is 18.1. The lowest BCUT2D eigenvalue weighted by atomic mass is 9.97. The molecule has 0 unspecified atom stereocenters. The maximum absolute atomic E-state index is 13.2. The molecule has 0 saturated heterocycles. The largest absolute Gasteiger partial charge is 0.493 e. The molecule has 0 aliphatic carbocycles. The van der Waals surface area contributed by atoms with E-state index >= 15 is 0 Å². The minimum Gasteiger partial charge on any atom is -0.493 e. The summed E-state index contributed by atoms with van der Waals surface area (Å²) in [6.07, 6.45) is 0.853. The number of hydrogen-bond donors (Lipinski definition) is 2. The van der Waals surface area contributed by atoms with Crippen LogP contribution in [-0.4, -0.2) is 37.2 Å². The zero-order chi connectivity index (χ0) is 35.1. The molecular weight excluding hydrogens is 670 g/mol. The summed E-state index contributed by atoms with van der Waals surface area (Å²) in [5.74, 6) is -0.680. The molecule has 0 atom stereocenters. The molecule has 0 amide bonds. The summed E-state index contributed by atoms with van der Waals surface area (Å²) in [6, 6.07) is 40.8. The summed E-state index contributed by atoms with van der Waals surface area (Å²) in [4.78, 5) is 11.3. The molecule has 0 radical (unpaired) electrons. The lowest BCUT2D eigenvalue weighted by Gasteiger charge is -2.25. The summed E-state index contributed by atoms with van der Waals surface area (Å²) < 4.78 is 37.7. The highest BCUT2D eigenvalue weighted by Gasteiger charge is 2.26. The predicted octanol–water partition coefficient (Wildman–Crippen LogP) is 7.79. The molecule has 1 aromatic heterocycles. The summed E-state index contributed by atoms with van der Waals surface area (Å²) in [7, 11) is -3.70. The first-order chi connectivity index (χ1) is 24.2. The second-order valence-electron chi connectivity index (χ2n) is 11.8. The maximum Gasteiger partial charge on any atom is 0.335 e. The van der Waals surface area contributed by atoms with Crippen molar-refractivity contribution < 1.29 is 23.1 Å². The number of carboxylic acid groups (broad SMARTS) is 1. The van der Waals surface area contributed by atoms with E-state index in [9.17, 15) is 18.3 Å². The third kappa shape index (κ3) is 8.07. The van der Waals surface area contributed by atoms with Crippen molar-refractivity contribution in [3.63, 3.8) is 0 Å². The fourth-order valence-corrected chi connectivity index (χ4v) is 7.57. The van der Waals surface area contributed by atoms with Crippen LogP contribution in [-0.2, 0) is 28.6 Å². The van der Waals surface area contributed by atoms with Crippen molar-refractivity contribution in [1.82, 2.24) is 9.29 Å². The molecule has 6 rings (SSSR count). The summed E-state index contributed by atoms with van der Waals surface area (Å²) >= 11 is 6.60. The smallest absolute Gasteiger partial charge is 0.335 e. The van der Waals surface area contributed by atoms with Crippen LogP contribution < -0.4 is 9.46 Å².